The van der Waals surface area contributed by atoms with Crippen LogP contribution in [0.1, 0.15) is 59.1 Å². The predicted octanol–water partition coefficient (Wildman–Crippen LogP) is 18.7. The van der Waals surface area contributed by atoms with Crippen molar-refractivity contribution < 1.29 is 4.42 Å². The van der Waals surface area contributed by atoms with Crippen LogP contribution in [0.3, 0.4) is 0 Å². The molecule has 0 bridgehead atoms. The van der Waals surface area contributed by atoms with Crippen molar-refractivity contribution in [3.05, 3.63) is 246 Å². The first-order valence-electron chi connectivity index (χ1n) is 30.7. The van der Waals surface area contributed by atoms with Crippen LogP contribution >= 0.6 is 0 Å². The molecule has 0 spiro atoms. The maximum atomic E-state index is 12.6. The molecular weight excluding hydrogens is 1090 g/mol. The molecule has 0 amide bonds. The van der Waals surface area contributed by atoms with Crippen LogP contribution in [0, 0.1) is 22.7 Å². The summed E-state index contributed by atoms with van der Waals surface area (Å²) in [5.74, 6) is 0.702. The summed E-state index contributed by atoms with van der Waals surface area (Å²) in [5.41, 5.74) is 17.1. The Balaban J connectivity index is 1.04. The van der Waals surface area contributed by atoms with Crippen LogP contribution < -0.4 is 10.6 Å². The van der Waals surface area contributed by atoms with Gasteiger partial charge >= 0.3 is 0 Å². The molecular formula is C80H60N8O. The van der Waals surface area contributed by atoms with E-state index in [1.807, 2.05) is 48.8 Å². The summed E-state index contributed by atoms with van der Waals surface area (Å²) in [7, 11) is 0. The van der Waals surface area contributed by atoms with E-state index in [0.717, 1.165) is 94.8 Å². The average molecular weight is 1150 g/mol. The molecule has 7 aromatic heterocycles. The van der Waals surface area contributed by atoms with Crippen LogP contribution in [0.4, 0.5) is 0 Å². The maximum absolute atomic E-state index is 12.6. The summed E-state index contributed by atoms with van der Waals surface area (Å²) >= 11 is 0. The van der Waals surface area contributed by atoms with Crippen LogP contribution in [-0.4, -0.2) is 33.2 Å². The topological polar surface area (TPSA) is 95.3 Å². The highest BCUT2D eigenvalue weighted by Crippen LogP contribution is 2.52. The van der Waals surface area contributed by atoms with Gasteiger partial charge in [-0.05, 0) is 137 Å². The number of hydrogen-bond donors (Lipinski definition) is 0. The van der Waals surface area contributed by atoms with Gasteiger partial charge in [-0.1, -0.05) is 169 Å². The molecule has 9 heteroatoms. The Labute approximate surface area is 513 Å². The summed E-state index contributed by atoms with van der Waals surface area (Å²) in [5, 5.41) is 22.7. The third-order valence-electron chi connectivity index (χ3n) is 18.7. The van der Waals surface area contributed by atoms with Crippen molar-refractivity contribution >= 4 is 99.8 Å². The van der Waals surface area contributed by atoms with E-state index in [-0.39, 0.29) is 10.8 Å². The van der Waals surface area contributed by atoms with E-state index >= 15 is 0 Å². The van der Waals surface area contributed by atoms with Gasteiger partial charge in [-0.3, -0.25) is 9.13 Å². The van der Waals surface area contributed by atoms with Gasteiger partial charge in [0.15, 0.2) is 5.58 Å². The number of nitriles is 1. The lowest BCUT2D eigenvalue weighted by atomic mass is 9.77. The minimum Gasteiger partial charge on any atom is -0.436 e. The quantitative estimate of drug-likeness (QED) is 0.158. The fraction of sp³-hybridized carbons (Fsp3) is 0.125. The fourth-order valence-corrected chi connectivity index (χ4v) is 14.4. The van der Waals surface area contributed by atoms with Crippen molar-refractivity contribution in [2.45, 2.75) is 53.4 Å². The third-order valence-corrected chi connectivity index (χ3v) is 18.7. The first kappa shape index (κ1) is 52.3. The Morgan fingerprint density at radius 3 is 1.55 bits per heavy atom. The Morgan fingerprint density at radius 1 is 0.472 bits per heavy atom. The number of benzene rings is 9. The van der Waals surface area contributed by atoms with Crippen LogP contribution in [0.5, 0.6) is 0 Å². The van der Waals surface area contributed by atoms with Gasteiger partial charge in [-0.15, -0.1) is 0 Å². The lowest BCUT2D eigenvalue weighted by Crippen LogP contribution is -2.35. The summed E-state index contributed by atoms with van der Waals surface area (Å²) in [6.45, 7) is 13.8. The van der Waals surface area contributed by atoms with E-state index in [9.17, 15) is 5.26 Å². The highest BCUT2D eigenvalue weighted by Gasteiger charge is 2.35. The number of pyridine rings is 2. The van der Waals surface area contributed by atoms with E-state index in [1.54, 1.807) is 0 Å². The fourth-order valence-electron chi connectivity index (χ4n) is 14.4. The lowest BCUT2D eigenvalue weighted by Gasteiger charge is -2.28. The molecule has 0 saturated carbocycles. The van der Waals surface area contributed by atoms with Crippen LogP contribution in [-0.2, 0) is 5.41 Å². The Bertz CT molecular complexity index is 5670. The molecule has 9 aromatic carbocycles. The molecule has 1 unspecified atom stereocenters. The van der Waals surface area contributed by atoms with Gasteiger partial charge in [0, 0.05) is 83.2 Å². The van der Waals surface area contributed by atoms with Crippen molar-refractivity contribution in [2.24, 2.45) is 11.3 Å². The van der Waals surface area contributed by atoms with Crippen molar-refractivity contribution in [1.29, 1.82) is 5.26 Å². The normalized spacial score (nSPS) is 13.7. The van der Waals surface area contributed by atoms with Gasteiger partial charge in [0.25, 0.3) is 0 Å². The zero-order valence-corrected chi connectivity index (χ0v) is 50.3. The highest BCUT2D eigenvalue weighted by molar-refractivity contribution is 6.14. The van der Waals surface area contributed by atoms with E-state index in [4.69, 9.17) is 19.4 Å². The van der Waals surface area contributed by atoms with Gasteiger partial charge in [-0.25, -0.2) is 15.0 Å². The largest absolute Gasteiger partial charge is 0.436 e. The first-order chi connectivity index (χ1) is 43.4. The monoisotopic (exact) mass is 1150 g/mol. The second-order valence-corrected chi connectivity index (χ2v) is 25.9. The number of para-hydroxylation sites is 6. The van der Waals surface area contributed by atoms with Crippen molar-refractivity contribution in [3.8, 4) is 62.5 Å². The summed E-state index contributed by atoms with van der Waals surface area (Å²) in [6.07, 6.45) is 9.58. The van der Waals surface area contributed by atoms with Crippen molar-refractivity contribution in [2.75, 3.05) is 0 Å². The predicted molar refractivity (Wildman–Crippen MR) is 365 cm³/mol. The summed E-state index contributed by atoms with van der Waals surface area (Å²) < 4.78 is 16.3. The van der Waals surface area contributed by atoms with Gasteiger partial charge < -0.3 is 13.6 Å². The van der Waals surface area contributed by atoms with Gasteiger partial charge in [0.1, 0.15) is 22.9 Å². The SMILES string of the molecule is CC(C)(C)c1ccc2c(c1)c1ccccc1n2-c1ccc(-c2c(-c3ccc(-n4c5c(c6ccccc64)=CC(C(C)(C)C)CC=5)cc3)c(-n3c4ccccc4c4cccnc43)c(C#N)c(-c3nc4ccccc4o3)c2-n2c3ccccc3c3cccnc32)cc1. The molecule has 9 nitrogen and oxygen atoms in total. The number of fused-ring (bicyclic) bond motifs is 13. The first-order valence-corrected chi connectivity index (χ1v) is 30.7. The molecule has 1 aliphatic carbocycles. The molecule has 0 fully saturated rings. The Kier molecular flexibility index (Phi) is 11.4. The molecule has 426 valence electrons. The molecule has 1 aliphatic rings. The molecule has 1 atom stereocenters. The summed E-state index contributed by atoms with van der Waals surface area (Å²) in [6, 6.07) is 78.3. The van der Waals surface area contributed by atoms with E-state index < -0.39 is 0 Å². The number of nitrogens with zero attached hydrogens (tertiary/aromatic N) is 8. The Hall–Kier alpha value is -11.1. The zero-order valence-electron chi connectivity index (χ0n) is 50.3. The van der Waals surface area contributed by atoms with Gasteiger partial charge in [0.2, 0.25) is 5.89 Å². The molecule has 0 N–H and O–H groups in total. The third kappa shape index (κ3) is 7.89. The minimum atomic E-state index is -0.0316. The molecule has 16 aromatic rings. The number of rotatable bonds is 7. The van der Waals surface area contributed by atoms with Crippen LogP contribution in [0.2, 0.25) is 0 Å². The van der Waals surface area contributed by atoms with Gasteiger partial charge in [0.05, 0.1) is 50.1 Å². The smallest absolute Gasteiger partial charge is 0.230 e. The molecule has 89 heavy (non-hydrogen) atoms. The molecule has 0 aliphatic heterocycles. The minimum absolute atomic E-state index is 0.0316. The zero-order chi connectivity index (χ0) is 60.0. The highest BCUT2D eigenvalue weighted by atomic mass is 16.3. The molecule has 7 heterocycles. The van der Waals surface area contributed by atoms with E-state index in [1.165, 1.54) is 32.3 Å². The average Bonchev–Trinajstić information content (AvgIpc) is 1.69. The molecule has 0 radical (unpaired) electrons. The molecule has 17 rings (SSSR count). The molecule has 0 saturated heterocycles. The van der Waals surface area contributed by atoms with Gasteiger partial charge in [-0.2, -0.15) is 5.26 Å². The van der Waals surface area contributed by atoms with Crippen LogP contribution in [0.15, 0.2) is 229 Å². The standard InChI is InChI=1S/C80H60N8O/c1-79(2,3)50-35-41-68-60(45-50)56-21-9-12-26-64(56)85(68)52-37-31-48(32-38-52)71-72(49-33-39-53(40-34-49)86-65-27-13-10-22-57(65)61-46-51(80(4,5)6)36-42-69(61)86)75(88-67-29-15-8-20-55(67)59-24-18-44-83-77(59)88)73(78-84-63-25-11-16-30-70(63)89-78)62(47-81)74(71)87-66-28-14-7-19-54(66)58-23-17-43-82-76(58)87/h7-34,36-46,50H,35H2,1-6H3. The number of hydrogen-bond acceptors (Lipinski definition) is 5. The van der Waals surface area contributed by atoms with Crippen molar-refractivity contribution in [1.82, 2.24) is 33.2 Å². The number of oxazole rings is 1. The Morgan fingerprint density at radius 2 is 0.966 bits per heavy atom. The maximum Gasteiger partial charge on any atom is 0.230 e. The van der Waals surface area contributed by atoms with E-state index in [0.29, 0.717) is 51.1 Å². The summed E-state index contributed by atoms with van der Waals surface area (Å²) in [4.78, 5) is 15.9. The lowest BCUT2D eigenvalue weighted by molar-refractivity contribution is 0.314. The van der Waals surface area contributed by atoms with Crippen LogP contribution in [0.25, 0.3) is 156 Å². The van der Waals surface area contributed by atoms with Crippen molar-refractivity contribution in [3.63, 3.8) is 0 Å². The second-order valence-electron chi connectivity index (χ2n) is 25.9. The van der Waals surface area contributed by atoms with E-state index in [2.05, 4.69) is 254 Å². The number of aromatic nitrogens is 7. The second kappa shape index (κ2) is 19.5.